The first-order valence-corrected chi connectivity index (χ1v) is 6.97. The number of rotatable bonds is 5. The second-order valence-corrected chi connectivity index (χ2v) is 5.25. The van der Waals surface area contributed by atoms with E-state index in [1.807, 2.05) is 30.3 Å². The molecule has 1 aromatic carbocycles. The maximum absolute atomic E-state index is 12.2. The van der Waals surface area contributed by atoms with Crippen molar-refractivity contribution in [3.63, 3.8) is 0 Å². The Morgan fingerprint density at radius 2 is 2.00 bits per heavy atom. The van der Waals surface area contributed by atoms with Gasteiger partial charge in [0.2, 0.25) is 0 Å². The second kappa shape index (κ2) is 5.52. The van der Waals surface area contributed by atoms with E-state index in [0.29, 0.717) is 11.6 Å². The lowest BCUT2D eigenvalue weighted by Gasteiger charge is -2.06. The van der Waals surface area contributed by atoms with E-state index in [0.717, 1.165) is 24.2 Å². The van der Waals surface area contributed by atoms with Crippen LogP contribution < -0.4 is 0 Å². The predicted octanol–water partition coefficient (Wildman–Crippen LogP) is 2.50. The summed E-state index contributed by atoms with van der Waals surface area (Å²) in [6, 6.07) is 11.2. The van der Waals surface area contributed by atoms with Crippen molar-refractivity contribution in [1.29, 1.82) is 0 Å². The Labute approximate surface area is 122 Å². The van der Waals surface area contributed by atoms with Gasteiger partial charge in [-0.25, -0.2) is 9.48 Å². The van der Waals surface area contributed by atoms with Crippen molar-refractivity contribution in [2.24, 2.45) is 0 Å². The Morgan fingerprint density at radius 3 is 2.62 bits per heavy atom. The summed E-state index contributed by atoms with van der Waals surface area (Å²) < 4.78 is 6.61. The van der Waals surface area contributed by atoms with Gasteiger partial charge in [-0.2, -0.15) is 5.10 Å². The highest BCUT2D eigenvalue weighted by Crippen LogP contribution is 2.39. The number of benzene rings is 1. The quantitative estimate of drug-likeness (QED) is 0.791. The van der Waals surface area contributed by atoms with Gasteiger partial charge in [0.15, 0.2) is 11.5 Å². The van der Waals surface area contributed by atoms with Crippen LogP contribution in [0.3, 0.4) is 0 Å². The number of Topliss-reactive ketones (excluding diaryl/α,β-unsaturated/α-hetero) is 1. The lowest BCUT2D eigenvalue weighted by molar-refractivity contribution is -0.120. The summed E-state index contributed by atoms with van der Waals surface area (Å²) in [4.78, 5) is 23.1. The van der Waals surface area contributed by atoms with E-state index < -0.39 is 5.97 Å². The molecule has 3 rings (SSSR count). The van der Waals surface area contributed by atoms with Crippen molar-refractivity contribution in [1.82, 2.24) is 9.78 Å². The molecular weight excluding hydrogens is 268 g/mol. The Kier molecular flexibility index (Phi) is 3.56. The summed E-state index contributed by atoms with van der Waals surface area (Å²) in [7, 11) is 0. The Morgan fingerprint density at radius 1 is 1.29 bits per heavy atom. The summed E-state index contributed by atoms with van der Waals surface area (Å²) in [5, 5.41) is 4.52. The number of nitrogens with zero attached hydrogens (tertiary/aromatic N) is 2. The molecule has 5 nitrogen and oxygen atoms in total. The Balaban J connectivity index is 1.94. The fraction of sp³-hybridized carbons (Fsp3) is 0.312. The number of hydrogen-bond acceptors (Lipinski definition) is 4. The van der Waals surface area contributed by atoms with E-state index in [-0.39, 0.29) is 12.4 Å². The van der Waals surface area contributed by atoms with Gasteiger partial charge >= 0.3 is 5.97 Å². The van der Waals surface area contributed by atoms with Crippen LogP contribution in [0.25, 0.3) is 5.69 Å². The molecule has 1 aromatic heterocycles. The fourth-order valence-electron chi connectivity index (χ4n) is 2.13. The molecule has 0 atom stereocenters. The number of carbonyl (C=O) groups excluding carboxylic acids is 2. The first-order valence-electron chi connectivity index (χ1n) is 6.97. The van der Waals surface area contributed by atoms with Gasteiger partial charge in [0.25, 0.3) is 0 Å². The van der Waals surface area contributed by atoms with Crippen molar-refractivity contribution < 1.29 is 14.3 Å². The third-order valence-corrected chi connectivity index (χ3v) is 3.34. The fourth-order valence-corrected chi connectivity index (χ4v) is 2.13. The molecule has 0 N–H and O–H groups in total. The molecule has 1 aliphatic rings. The van der Waals surface area contributed by atoms with E-state index in [2.05, 4.69) is 5.10 Å². The number of hydrogen-bond donors (Lipinski definition) is 0. The summed E-state index contributed by atoms with van der Waals surface area (Å²) in [6.07, 6.45) is 2.21. The summed E-state index contributed by atoms with van der Waals surface area (Å²) in [5.41, 5.74) is 2.08. The van der Waals surface area contributed by atoms with Gasteiger partial charge in [-0.15, -0.1) is 0 Å². The van der Waals surface area contributed by atoms with Gasteiger partial charge in [-0.1, -0.05) is 18.2 Å². The van der Waals surface area contributed by atoms with Gasteiger partial charge in [0.1, 0.15) is 6.61 Å². The second-order valence-electron chi connectivity index (χ2n) is 5.25. The number of para-hydroxylation sites is 1. The van der Waals surface area contributed by atoms with Crippen LogP contribution in [-0.4, -0.2) is 28.1 Å². The molecule has 0 amide bonds. The lowest BCUT2D eigenvalue weighted by Crippen LogP contribution is -2.15. The molecule has 0 radical (unpaired) electrons. The standard InChI is InChI=1S/C16H16N2O3/c1-11(19)10-21-16(20)15-9-14(12-7-8-12)17-18(15)13-5-3-2-4-6-13/h2-6,9,12H,7-8,10H2,1H3. The van der Waals surface area contributed by atoms with Crippen LogP contribution >= 0.6 is 0 Å². The third-order valence-electron chi connectivity index (χ3n) is 3.34. The van der Waals surface area contributed by atoms with Crippen LogP contribution in [0.5, 0.6) is 0 Å². The van der Waals surface area contributed by atoms with Crippen molar-refractivity contribution in [2.45, 2.75) is 25.7 Å². The topological polar surface area (TPSA) is 61.2 Å². The van der Waals surface area contributed by atoms with Gasteiger partial charge in [-0.3, -0.25) is 4.79 Å². The zero-order valence-corrected chi connectivity index (χ0v) is 11.8. The number of carbonyl (C=O) groups is 2. The summed E-state index contributed by atoms with van der Waals surface area (Å²) >= 11 is 0. The van der Waals surface area contributed by atoms with Crippen molar-refractivity contribution in [3.05, 3.63) is 47.8 Å². The predicted molar refractivity (Wildman–Crippen MR) is 76.5 cm³/mol. The highest BCUT2D eigenvalue weighted by molar-refractivity contribution is 5.90. The summed E-state index contributed by atoms with van der Waals surface area (Å²) in [6.45, 7) is 1.18. The maximum Gasteiger partial charge on any atom is 0.357 e. The van der Waals surface area contributed by atoms with Crippen LogP contribution in [-0.2, 0) is 9.53 Å². The van der Waals surface area contributed by atoms with E-state index in [1.54, 1.807) is 10.7 Å². The first kappa shape index (κ1) is 13.5. The molecule has 108 valence electrons. The van der Waals surface area contributed by atoms with E-state index in [1.165, 1.54) is 6.92 Å². The number of esters is 1. The average Bonchev–Trinajstić information content (AvgIpc) is 3.24. The minimum Gasteiger partial charge on any atom is -0.453 e. The van der Waals surface area contributed by atoms with Crippen molar-refractivity contribution >= 4 is 11.8 Å². The molecule has 1 saturated carbocycles. The molecule has 0 saturated heterocycles. The molecule has 0 unspecified atom stereocenters. The molecular formula is C16H16N2O3. The highest BCUT2D eigenvalue weighted by atomic mass is 16.5. The van der Waals surface area contributed by atoms with E-state index >= 15 is 0 Å². The van der Waals surface area contributed by atoms with E-state index in [4.69, 9.17) is 4.74 Å². The van der Waals surface area contributed by atoms with Gasteiger partial charge in [-0.05, 0) is 38.0 Å². The molecule has 1 heterocycles. The molecule has 1 aliphatic carbocycles. The molecule has 0 spiro atoms. The highest BCUT2D eigenvalue weighted by Gasteiger charge is 2.29. The van der Waals surface area contributed by atoms with Crippen molar-refractivity contribution in [2.75, 3.05) is 6.61 Å². The van der Waals surface area contributed by atoms with Crippen LogP contribution in [0, 0.1) is 0 Å². The average molecular weight is 284 g/mol. The molecule has 0 bridgehead atoms. The molecule has 1 fully saturated rings. The minimum atomic E-state index is -0.520. The number of aromatic nitrogens is 2. The lowest BCUT2D eigenvalue weighted by atomic mass is 10.2. The van der Waals surface area contributed by atoms with Crippen molar-refractivity contribution in [3.8, 4) is 5.69 Å². The minimum absolute atomic E-state index is 0.184. The van der Waals surface area contributed by atoms with Gasteiger partial charge in [0.05, 0.1) is 11.4 Å². The van der Waals surface area contributed by atoms with Gasteiger partial charge < -0.3 is 4.74 Å². The first-order chi connectivity index (χ1) is 10.1. The molecule has 5 heteroatoms. The van der Waals surface area contributed by atoms with Gasteiger partial charge in [0, 0.05) is 5.92 Å². The van der Waals surface area contributed by atoms with Crippen LogP contribution in [0.2, 0.25) is 0 Å². The largest absolute Gasteiger partial charge is 0.453 e. The summed E-state index contributed by atoms with van der Waals surface area (Å²) in [5.74, 6) is -0.265. The monoisotopic (exact) mass is 284 g/mol. The number of ether oxygens (including phenoxy) is 1. The third kappa shape index (κ3) is 3.02. The molecule has 2 aromatic rings. The smallest absolute Gasteiger partial charge is 0.357 e. The molecule has 21 heavy (non-hydrogen) atoms. The van der Waals surface area contributed by atoms with Crippen LogP contribution in [0.15, 0.2) is 36.4 Å². The Hall–Kier alpha value is -2.43. The van der Waals surface area contributed by atoms with E-state index in [9.17, 15) is 9.59 Å². The molecule has 0 aliphatic heterocycles. The SMILES string of the molecule is CC(=O)COC(=O)c1cc(C2CC2)nn1-c1ccccc1. The normalized spacial score (nSPS) is 14.0. The maximum atomic E-state index is 12.2. The van der Waals surface area contributed by atoms with Crippen LogP contribution in [0.1, 0.15) is 41.9 Å². The Bertz CT molecular complexity index is 672. The zero-order valence-electron chi connectivity index (χ0n) is 11.8. The number of ketones is 1. The van der Waals surface area contributed by atoms with Crippen LogP contribution in [0.4, 0.5) is 0 Å². The zero-order chi connectivity index (χ0) is 14.8.